The zero-order valence-corrected chi connectivity index (χ0v) is 14.9. The number of aryl methyl sites for hydroxylation is 2. The van der Waals surface area contributed by atoms with Crippen LogP contribution in [0.5, 0.6) is 0 Å². The first-order valence-electron chi connectivity index (χ1n) is 6.43. The van der Waals surface area contributed by atoms with Crippen molar-refractivity contribution in [2.45, 2.75) is 18.7 Å². The van der Waals surface area contributed by atoms with E-state index in [0.29, 0.717) is 11.7 Å². The first kappa shape index (κ1) is 17.8. The Labute approximate surface area is 139 Å². The average Bonchev–Trinajstić information content (AvgIpc) is 2.30. The van der Waals surface area contributed by atoms with Crippen molar-refractivity contribution >= 4 is 46.0 Å². The summed E-state index contributed by atoms with van der Waals surface area (Å²) in [6, 6.07) is 4.24. The van der Waals surface area contributed by atoms with E-state index in [9.17, 15) is 4.79 Å². The van der Waals surface area contributed by atoms with Gasteiger partial charge in [-0.15, -0.1) is 24.2 Å². The van der Waals surface area contributed by atoms with Gasteiger partial charge in [0.15, 0.2) is 0 Å². The van der Waals surface area contributed by atoms with Crippen molar-refractivity contribution < 1.29 is 4.79 Å². The molecule has 0 saturated carbocycles. The number of benzene rings is 1. The van der Waals surface area contributed by atoms with E-state index in [1.54, 1.807) is 11.8 Å². The molecule has 3 nitrogen and oxygen atoms in total. The molecule has 1 amide bonds. The fourth-order valence-electron chi connectivity index (χ4n) is 1.86. The molecule has 0 unspecified atom stereocenters. The van der Waals surface area contributed by atoms with Crippen molar-refractivity contribution in [1.29, 1.82) is 0 Å². The topological polar surface area (TPSA) is 41.1 Å². The molecule has 0 aromatic heterocycles. The molecule has 20 heavy (non-hydrogen) atoms. The lowest BCUT2D eigenvalue weighted by molar-refractivity contribution is -0.118. The molecule has 112 valence electrons. The second-order valence-electron chi connectivity index (χ2n) is 4.98. The minimum absolute atomic E-state index is 0. The molecule has 2 N–H and O–H groups in total. The summed E-state index contributed by atoms with van der Waals surface area (Å²) >= 11 is 5.13. The molecule has 1 heterocycles. The molecule has 1 aromatic carbocycles. The Hall–Kier alpha value is -0.230. The van der Waals surface area contributed by atoms with Crippen LogP contribution in [0.3, 0.4) is 0 Å². The van der Waals surface area contributed by atoms with Crippen LogP contribution in [-0.2, 0) is 4.79 Å². The summed E-state index contributed by atoms with van der Waals surface area (Å²) in [6.45, 7) is 6.99. The molecule has 2 rings (SSSR count). The lowest BCUT2D eigenvalue weighted by atomic mass is 10.0. The van der Waals surface area contributed by atoms with Crippen molar-refractivity contribution in [1.82, 2.24) is 10.6 Å². The summed E-state index contributed by atoms with van der Waals surface area (Å²) in [5.41, 5.74) is 2.41. The lowest BCUT2D eigenvalue weighted by Crippen LogP contribution is -2.48. The first-order chi connectivity index (χ1) is 9.06. The number of rotatable bonds is 5. The van der Waals surface area contributed by atoms with Crippen LogP contribution in [0.4, 0.5) is 0 Å². The minimum Gasteiger partial charge on any atom is -0.355 e. The molecule has 0 spiro atoms. The van der Waals surface area contributed by atoms with Gasteiger partial charge in [-0.05, 0) is 37.1 Å². The predicted octanol–water partition coefficient (Wildman–Crippen LogP) is 2.92. The second-order valence-corrected chi connectivity index (χ2v) is 6.86. The SMILES string of the molecule is Cc1cc(SCC(=O)NCC2CNC2)c(C)cc1Br.Cl. The van der Waals surface area contributed by atoms with Gasteiger partial charge in [0, 0.05) is 34.9 Å². The molecule has 6 heteroatoms. The van der Waals surface area contributed by atoms with Gasteiger partial charge < -0.3 is 10.6 Å². The molecule has 0 radical (unpaired) electrons. The highest BCUT2D eigenvalue weighted by molar-refractivity contribution is 9.10. The summed E-state index contributed by atoms with van der Waals surface area (Å²) in [5, 5.41) is 6.19. The molecule has 0 bridgehead atoms. The maximum atomic E-state index is 11.8. The van der Waals surface area contributed by atoms with E-state index in [1.165, 1.54) is 16.0 Å². The lowest BCUT2D eigenvalue weighted by Gasteiger charge is -2.27. The average molecular weight is 380 g/mol. The van der Waals surface area contributed by atoms with Crippen LogP contribution < -0.4 is 10.6 Å². The maximum absolute atomic E-state index is 11.8. The number of thioether (sulfide) groups is 1. The van der Waals surface area contributed by atoms with Gasteiger partial charge in [-0.3, -0.25) is 4.79 Å². The van der Waals surface area contributed by atoms with Crippen LogP contribution in [0, 0.1) is 19.8 Å². The number of hydrogen-bond donors (Lipinski definition) is 2. The smallest absolute Gasteiger partial charge is 0.230 e. The number of carbonyl (C=O) groups excluding carboxylic acids is 1. The van der Waals surface area contributed by atoms with Gasteiger partial charge in [-0.2, -0.15) is 0 Å². The monoisotopic (exact) mass is 378 g/mol. The minimum atomic E-state index is 0. The predicted molar refractivity (Wildman–Crippen MR) is 91.0 cm³/mol. The van der Waals surface area contributed by atoms with Crippen molar-refractivity contribution in [3.8, 4) is 0 Å². The van der Waals surface area contributed by atoms with Gasteiger partial charge in [0.05, 0.1) is 5.75 Å². The van der Waals surface area contributed by atoms with E-state index in [4.69, 9.17) is 0 Å². The Kier molecular flexibility index (Phi) is 7.37. The van der Waals surface area contributed by atoms with E-state index in [2.05, 4.69) is 52.5 Å². The highest BCUT2D eigenvalue weighted by Gasteiger charge is 2.17. The molecule has 1 aliphatic heterocycles. The highest BCUT2D eigenvalue weighted by Crippen LogP contribution is 2.28. The number of nitrogens with one attached hydrogen (secondary N) is 2. The van der Waals surface area contributed by atoms with Crippen molar-refractivity contribution in [3.05, 3.63) is 27.7 Å². The Bertz CT molecular complexity index is 480. The normalized spacial score (nSPS) is 14.3. The van der Waals surface area contributed by atoms with Crippen LogP contribution in [-0.4, -0.2) is 31.3 Å². The summed E-state index contributed by atoms with van der Waals surface area (Å²) in [6.07, 6.45) is 0. The standard InChI is InChI=1S/C14H19BrN2OS.ClH/c1-9-4-13(10(2)3-12(9)15)19-8-14(18)17-7-11-5-16-6-11;/h3-4,11,16H,5-8H2,1-2H3,(H,17,18);1H. The molecule has 1 aliphatic rings. The van der Waals surface area contributed by atoms with Gasteiger partial charge in [-0.25, -0.2) is 0 Å². The summed E-state index contributed by atoms with van der Waals surface area (Å²) in [5.74, 6) is 1.23. The summed E-state index contributed by atoms with van der Waals surface area (Å²) < 4.78 is 1.12. The number of amides is 1. The van der Waals surface area contributed by atoms with Crippen LogP contribution >= 0.6 is 40.1 Å². The molecule has 0 aliphatic carbocycles. The molecular formula is C14H20BrClN2OS. The molecule has 1 aromatic rings. The van der Waals surface area contributed by atoms with Crippen LogP contribution in [0.2, 0.25) is 0 Å². The highest BCUT2D eigenvalue weighted by atomic mass is 79.9. The zero-order valence-electron chi connectivity index (χ0n) is 11.7. The largest absolute Gasteiger partial charge is 0.355 e. The molecule has 0 atom stereocenters. The number of hydrogen-bond acceptors (Lipinski definition) is 3. The Morgan fingerprint density at radius 3 is 2.70 bits per heavy atom. The van der Waals surface area contributed by atoms with E-state index in [0.717, 1.165) is 24.1 Å². The van der Waals surface area contributed by atoms with Gasteiger partial charge in [0.2, 0.25) is 5.91 Å². The third-order valence-corrected chi connectivity index (χ3v) is 5.28. The Morgan fingerprint density at radius 2 is 2.10 bits per heavy atom. The fourth-order valence-corrected chi connectivity index (χ4v) is 3.25. The molecular weight excluding hydrogens is 360 g/mol. The van der Waals surface area contributed by atoms with Crippen molar-refractivity contribution in [2.24, 2.45) is 5.92 Å². The second kappa shape index (κ2) is 8.27. The quantitative estimate of drug-likeness (QED) is 0.773. The third-order valence-electron chi connectivity index (χ3n) is 3.27. The van der Waals surface area contributed by atoms with E-state index in [-0.39, 0.29) is 18.3 Å². The van der Waals surface area contributed by atoms with Crippen LogP contribution in [0.15, 0.2) is 21.5 Å². The summed E-state index contributed by atoms with van der Waals surface area (Å²) in [7, 11) is 0. The number of halogens is 2. The van der Waals surface area contributed by atoms with Crippen LogP contribution in [0.25, 0.3) is 0 Å². The van der Waals surface area contributed by atoms with Gasteiger partial charge in [0.1, 0.15) is 0 Å². The van der Waals surface area contributed by atoms with Gasteiger partial charge >= 0.3 is 0 Å². The van der Waals surface area contributed by atoms with Gasteiger partial charge in [-0.1, -0.05) is 15.9 Å². The Morgan fingerprint density at radius 1 is 1.40 bits per heavy atom. The van der Waals surface area contributed by atoms with E-state index in [1.807, 2.05) is 0 Å². The molecule has 1 saturated heterocycles. The third kappa shape index (κ3) is 4.95. The van der Waals surface area contributed by atoms with E-state index < -0.39 is 0 Å². The first-order valence-corrected chi connectivity index (χ1v) is 8.21. The van der Waals surface area contributed by atoms with Crippen molar-refractivity contribution in [3.63, 3.8) is 0 Å². The fraction of sp³-hybridized carbons (Fsp3) is 0.500. The van der Waals surface area contributed by atoms with Crippen LogP contribution in [0.1, 0.15) is 11.1 Å². The Balaban J connectivity index is 0.00000200. The summed E-state index contributed by atoms with van der Waals surface area (Å²) in [4.78, 5) is 12.9. The van der Waals surface area contributed by atoms with Gasteiger partial charge in [0.25, 0.3) is 0 Å². The number of carbonyl (C=O) groups is 1. The maximum Gasteiger partial charge on any atom is 0.230 e. The van der Waals surface area contributed by atoms with E-state index >= 15 is 0 Å². The van der Waals surface area contributed by atoms with Crippen molar-refractivity contribution in [2.75, 3.05) is 25.4 Å². The molecule has 1 fully saturated rings. The zero-order chi connectivity index (χ0) is 13.8.